The van der Waals surface area contributed by atoms with Gasteiger partial charge in [-0.15, -0.1) is 0 Å². The number of hydrogen-bond donors (Lipinski definition) is 0. The van der Waals surface area contributed by atoms with Crippen LogP contribution in [0.4, 0.5) is 0 Å². The highest BCUT2D eigenvalue weighted by molar-refractivity contribution is 9.10. The Morgan fingerprint density at radius 2 is 1.90 bits per heavy atom. The van der Waals surface area contributed by atoms with E-state index in [0.717, 1.165) is 0 Å². The summed E-state index contributed by atoms with van der Waals surface area (Å²) in [5.41, 5.74) is 1.44. The molecule has 0 amide bonds. The normalized spacial score (nSPS) is 10.7. The number of benzene rings is 2. The van der Waals surface area contributed by atoms with Crippen molar-refractivity contribution in [3.63, 3.8) is 0 Å². The van der Waals surface area contributed by atoms with Crippen molar-refractivity contribution in [1.82, 2.24) is 4.98 Å². The van der Waals surface area contributed by atoms with Crippen molar-refractivity contribution >= 4 is 32.9 Å². The zero-order valence-electron chi connectivity index (χ0n) is 15.2. The number of aromatic nitrogens is 1. The molecule has 0 radical (unpaired) electrons. The maximum absolute atomic E-state index is 13.0. The minimum absolute atomic E-state index is 0.204. The monoisotopic (exact) mass is 451 g/mol. The zero-order chi connectivity index (χ0) is 20.4. The Hall–Kier alpha value is -3.45. The number of halogens is 1. The third-order valence-electron chi connectivity index (χ3n) is 4.29. The molecule has 4 rings (SSSR count). The van der Waals surface area contributed by atoms with Crippen molar-refractivity contribution < 1.29 is 18.7 Å². The van der Waals surface area contributed by atoms with Crippen LogP contribution in [0.5, 0.6) is 11.5 Å². The summed E-state index contributed by atoms with van der Waals surface area (Å²) in [6.07, 6.45) is 4.36. The van der Waals surface area contributed by atoms with E-state index in [0.29, 0.717) is 37.9 Å². The van der Waals surface area contributed by atoms with Gasteiger partial charge in [0.25, 0.3) is 0 Å². The first-order valence-corrected chi connectivity index (χ1v) is 9.38. The second kappa shape index (κ2) is 7.89. The molecule has 2 heterocycles. The predicted molar refractivity (Wildman–Crippen MR) is 111 cm³/mol. The molecule has 0 aliphatic rings. The average molecular weight is 452 g/mol. The Labute approximate surface area is 173 Å². The largest absolute Gasteiger partial charge is 0.496 e. The Morgan fingerprint density at radius 3 is 2.69 bits per heavy atom. The van der Waals surface area contributed by atoms with Gasteiger partial charge < -0.3 is 13.9 Å². The van der Waals surface area contributed by atoms with E-state index in [1.165, 1.54) is 18.5 Å². The van der Waals surface area contributed by atoms with Crippen LogP contribution < -0.4 is 14.9 Å². The number of methoxy groups -OCH3 is 1. The number of carbonyl (C=O) groups excluding carboxylic acids is 1. The summed E-state index contributed by atoms with van der Waals surface area (Å²) in [5, 5.41) is 0.373. The Balaban J connectivity index is 1.69. The molecule has 0 aliphatic carbocycles. The molecule has 29 heavy (non-hydrogen) atoms. The van der Waals surface area contributed by atoms with Gasteiger partial charge in [0.05, 0.1) is 23.6 Å². The number of nitrogens with zero attached hydrogens (tertiary/aromatic N) is 1. The SMILES string of the molecule is COc1ccccc1-c1coc2cc(OC(=O)c3cncc(Br)c3)ccc2c1=O. The number of ether oxygens (including phenoxy) is 2. The molecule has 0 bridgehead atoms. The van der Waals surface area contributed by atoms with Gasteiger partial charge in [0.1, 0.15) is 23.3 Å². The van der Waals surface area contributed by atoms with Crippen LogP contribution in [-0.4, -0.2) is 18.1 Å². The van der Waals surface area contributed by atoms with Gasteiger partial charge in [-0.25, -0.2) is 4.79 Å². The van der Waals surface area contributed by atoms with E-state index in [4.69, 9.17) is 13.9 Å². The van der Waals surface area contributed by atoms with Gasteiger partial charge in [-0.2, -0.15) is 0 Å². The number of esters is 1. The van der Waals surface area contributed by atoms with Gasteiger partial charge in [0.15, 0.2) is 0 Å². The molecule has 0 N–H and O–H groups in total. The number of carbonyl (C=O) groups is 1. The molecule has 4 aromatic rings. The average Bonchev–Trinajstić information content (AvgIpc) is 2.74. The fraction of sp³-hybridized carbons (Fsp3) is 0.0455. The maximum Gasteiger partial charge on any atom is 0.345 e. The van der Waals surface area contributed by atoms with Crippen LogP contribution in [0.25, 0.3) is 22.1 Å². The van der Waals surface area contributed by atoms with Crippen LogP contribution in [0, 0.1) is 0 Å². The van der Waals surface area contributed by atoms with Crippen molar-refractivity contribution in [2.45, 2.75) is 0 Å². The molecular weight excluding hydrogens is 438 g/mol. The second-order valence-corrected chi connectivity index (χ2v) is 7.03. The molecule has 0 saturated carbocycles. The van der Waals surface area contributed by atoms with Crippen molar-refractivity contribution in [2.24, 2.45) is 0 Å². The molecule has 7 heteroatoms. The third-order valence-corrected chi connectivity index (χ3v) is 4.73. The predicted octanol–water partition coefficient (Wildman–Crippen LogP) is 4.85. The van der Waals surface area contributed by atoms with E-state index in [1.54, 1.807) is 43.6 Å². The van der Waals surface area contributed by atoms with Crippen molar-refractivity contribution in [3.8, 4) is 22.6 Å². The van der Waals surface area contributed by atoms with Crippen LogP contribution in [-0.2, 0) is 0 Å². The van der Waals surface area contributed by atoms with E-state index in [9.17, 15) is 9.59 Å². The number of rotatable bonds is 4. The van der Waals surface area contributed by atoms with Crippen LogP contribution in [0.2, 0.25) is 0 Å². The van der Waals surface area contributed by atoms with Crippen molar-refractivity contribution in [3.05, 3.63) is 87.4 Å². The minimum atomic E-state index is -0.564. The third kappa shape index (κ3) is 3.77. The summed E-state index contributed by atoms with van der Waals surface area (Å²) >= 11 is 3.26. The number of para-hydroxylation sites is 1. The Kier molecular flexibility index (Phi) is 5.14. The lowest BCUT2D eigenvalue weighted by molar-refractivity contribution is 0.0734. The second-order valence-electron chi connectivity index (χ2n) is 6.12. The molecule has 6 nitrogen and oxygen atoms in total. The molecule has 0 saturated heterocycles. The number of hydrogen-bond acceptors (Lipinski definition) is 6. The topological polar surface area (TPSA) is 78.6 Å². The first kappa shape index (κ1) is 18.9. The van der Waals surface area contributed by atoms with Gasteiger partial charge in [-0.05, 0) is 40.2 Å². The summed E-state index contributed by atoms with van der Waals surface area (Å²) in [7, 11) is 1.54. The van der Waals surface area contributed by atoms with Crippen LogP contribution in [0.15, 0.2) is 80.9 Å². The quantitative estimate of drug-likeness (QED) is 0.326. The van der Waals surface area contributed by atoms with E-state index >= 15 is 0 Å². The van der Waals surface area contributed by atoms with E-state index in [2.05, 4.69) is 20.9 Å². The summed E-state index contributed by atoms with van der Waals surface area (Å²) < 4.78 is 17.0. The molecular formula is C22H14BrNO5. The van der Waals surface area contributed by atoms with Gasteiger partial charge in [-0.3, -0.25) is 9.78 Å². The molecule has 0 aliphatic heterocycles. The van der Waals surface area contributed by atoms with E-state index in [1.807, 2.05) is 12.1 Å². The smallest absolute Gasteiger partial charge is 0.345 e. The fourth-order valence-electron chi connectivity index (χ4n) is 2.91. The first-order valence-electron chi connectivity index (χ1n) is 8.58. The van der Waals surface area contributed by atoms with E-state index in [-0.39, 0.29) is 11.2 Å². The highest BCUT2D eigenvalue weighted by Crippen LogP contribution is 2.29. The minimum Gasteiger partial charge on any atom is -0.496 e. The Morgan fingerprint density at radius 1 is 1.07 bits per heavy atom. The summed E-state index contributed by atoms with van der Waals surface area (Å²) in [4.78, 5) is 29.2. The lowest BCUT2D eigenvalue weighted by Crippen LogP contribution is -2.09. The van der Waals surface area contributed by atoms with Crippen LogP contribution >= 0.6 is 15.9 Å². The number of pyridine rings is 1. The Bertz CT molecular complexity index is 1280. The lowest BCUT2D eigenvalue weighted by atomic mass is 10.0. The van der Waals surface area contributed by atoms with Crippen molar-refractivity contribution in [1.29, 1.82) is 0 Å². The highest BCUT2D eigenvalue weighted by atomic mass is 79.9. The first-order chi connectivity index (χ1) is 14.1. The molecule has 0 atom stereocenters. The fourth-order valence-corrected chi connectivity index (χ4v) is 3.28. The van der Waals surface area contributed by atoms with Gasteiger partial charge in [0.2, 0.25) is 5.43 Å². The number of fused-ring (bicyclic) bond motifs is 1. The van der Waals surface area contributed by atoms with Gasteiger partial charge in [0, 0.05) is 28.5 Å². The van der Waals surface area contributed by atoms with Crippen LogP contribution in [0.3, 0.4) is 0 Å². The van der Waals surface area contributed by atoms with E-state index < -0.39 is 5.97 Å². The van der Waals surface area contributed by atoms with Crippen molar-refractivity contribution in [2.75, 3.05) is 7.11 Å². The molecule has 2 aromatic heterocycles. The van der Waals surface area contributed by atoms with Gasteiger partial charge >= 0.3 is 5.97 Å². The summed E-state index contributed by atoms with van der Waals surface area (Å²) in [6, 6.07) is 13.4. The molecule has 0 fully saturated rings. The highest BCUT2D eigenvalue weighted by Gasteiger charge is 2.15. The maximum atomic E-state index is 13.0. The molecule has 144 valence electrons. The summed E-state index contributed by atoms with van der Waals surface area (Å²) in [6.45, 7) is 0. The zero-order valence-corrected chi connectivity index (χ0v) is 16.8. The van der Waals surface area contributed by atoms with Gasteiger partial charge in [-0.1, -0.05) is 18.2 Å². The molecule has 0 unspecified atom stereocenters. The molecule has 2 aromatic carbocycles. The lowest BCUT2D eigenvalue weighted by Gasteiger charge is -2.09. The van der Waals surface area contributed by atoms with Crippen LogP contribution in [0.1, 0.15) is 10.4 Å². The summed E-state index contributed by atoms with van der Waals surface area (Å²) in [5.74, 6) is 0.272. The standard InChI is InChI=1S/C22H14BrNO5/c1-27-19-5-3-2-4-16(19)18-12-28-20-9-15(6-7-17(20)21(18)25)29-22(26)13-8-14(23)11-24-10-13/h2-12H,1H3. The molecule has 0 spiro atoms.